The predicted molar refractivity (Wildman–Crippen MR) is 84.0 cm³/mol. The third kappa shape index (κ3) is 4.12. The van der Waals surface area contributed by atoms with Crippen LogP contribution in [0.3, 0.4) is 0 Å². The van der Waals surface area contributed by atoms with E-state index in [-0.39, 0.29) is 0 Å². The normalized spacial score (nSPS) is 21.5. The van der Waals surface area contributed by atoms with Gasteiger partial charge in [-0.25, -0.2) is 0 Å². The van der Waals surface area contributed by atoms with Crippen molar-refractivity contribution in [3.63, 3.8) is 0 Å². The first-order valence-electron chi connectivity index (χ1n) is 7.32. The minimum absolute atomic E-state index is 0.857. The van der Waals surface area contributed by atoms with E-state index < -0.39 is 0 Å². The smallest absolute Gasteiger partial charge is 0.0471 e. The van der Waals surface area contributed by atoms with Gasteiger partial charge in [-0.15, -0.1) is 0 Å². The molecule has 3 heteroatoms. The largest absolute Gasteiger partial charge is 0.374 e. The molecule has 1 aliphatic rings. The molecule has 0 saturated heterocycles. The lowest BCUT2D eigenvalue weighted by Crippen LogP contribution is -2.20. The number of halogens is 1. The highest BCUT2D eigenvalue weighted by molar-refractivity contribution is 6.31. The topological polar surface area (TPSA) is 15.3 Å². The molecule has 2 atom stereocenters. The Morgan fingerprint density at radius 2 is 2.16 bits per heavy atom. The van der Waals surface area contributed by atoms with Gasteiger partial charge in [-0.1, -0.05) is 31.5 Å². The Labute approximate surface area is 122 Å². The van der Waals surface area contributed by atoms with Crippen LogP contribution in [-0.2, 0) is 6.54 Å². The first-order chi connectivity index (χ1) is 9.11. The predicted octanol–water partition coefficient (Wildman–Crippen LogP) is 3.93. The third-order valence-corrected chi connectivity index (χ3v) is 4.36. The maximum atomic E-state index is 6.37. The molecule has 19 heavy (non-hydrogen) atoms. The van der Waals surface area contributed by atoms with Crippen molar-refractivity contribution < 1.29 is 0 Å². The molecule has 2 nitrogen and oxygen atoms in total. The van der Waals surface area contributed by atoms with Crippen molar-refractivity contribution in [3.8, 4) is 0 Å². The van der Waals surface area contributed by atoms with Crippen molar-refractivity contribution in [2.75, 3.05) is 25.0 Å². The van der Waals surface area contributed by atoms with Gasteiger partial charge >= 0.3 is 0 Å². The zero-order chi connectivity index (χ0) is 13.8. The van der Waals surface area contributed by atoms with Crippen LogP contribution in [0.5, 0.6) is 0 Å². The van der Waals surface area contributed by atoms with Gasteiger partial charge in [-0.05, 0) is 48.9 Å². The molecule has 1 fully saturated rings. The minimum atomic E-state index is 0.857. The highest BCUT2D eigenvalue weighted by Crippen LogP contribution is 2.38. The Kier molecular flexibility index (Phi) is 5.12. The molecule has 1 aromatic rings. The summed E-state index contributed by atoms with van der Waals surface area (Å²) in [5.74, 6) is 1.77. The van der Waals surface area contributed by atoms with Crippen LogP contribution in [0.4, 0.5) is 5.69 Å². The molecule has 0 radical (unpaired) electrons. The van der Waals surface area contributed by atoms with E-state index in [2.05, 4.69) is 49.3 Å². The van der Waals surface area contributed by atoms with Crippen LogP contribution in [0.2, 0.25) is 5.02 Å². The van der Waals surface area contributed by atoms with Crippen LogP contribution < -0.4 is 10.2 Å². The molecule has 1 saturated carbocycles. The zero-order valence-corrected chi connectivity index (χ0v) is 13.0. The maximum absolute atomic E-state index is 6.37. The number of hydrogen-bond donors (Lipinski definition) is 1. The molecule has 2 unspecified atom stereocenters. The summed E-state index contributed by atoms with van der Waals surface area (Å²) in [7, 11) is 2.16. The Morgan fingerprint density at radius 3 is 2.74 bits per heavy atom. The molecule has 0 heterocycles. The first-order valence-corrected chi connectivity index (χ1v) is 7.70. The van der Waals surface area contributed by atoms with Crippen molar-refractivity contribution >= 4 is 17.3 Å². The summed E-state index contributed by atoms with van der Waals surface area (Å²) >= 11 is 6.37. The third-order valence-electron chi connectivity index (χ3n) is 4.00. The fourth-order valence-corrected chi connectivity index (χ4v) is 2.67. The molecule has 0 aromatic heterocycles. The molecule has 0 amide bonds. The van der Waals surface area contributed by atoms with E-state index in [0.717, 1.165) is 42.9 Å². The van der Waals surface area contributed by atoms with Gasteiger partial charge in [0.1, 0.15) is 0 Å². The van der Waals surface area contributed by atoms with Crippen LogP contribution in [0.1, 0.15) is 32.3 Å². The van der Waals surface area contributed by atoms with E-state index in [1.165, 1.54) is 17.7 Å². The lowest BCUT2D eigenvalue weighted by molar-refractivity contribution is 0.675. The molecule has 1 aliphatic carbocycles. The highest BCUT2D eigenvalue weighted by Gasteiger charge is 2.33. The van der Waals surface area contributed by atoms with Gasteiger partial charge in [0.2, 0.25) is 0 Å². The average Bonchev–Trinajstić information content (AvgIpc) is 3.07. The number of benzene rings is 1. The van der Waals surface area contributed by atoms with Crippen molar-refractivity contribution in [1.82, 2.24) is 5.32 Å². The van der Waals surface area contributed by atoms with Gasteiger partial charge in [0.05, 0.1) is 0 Å². The fourth-order valence-electron chi connectivity index (χ4n) is 2.43. The summed E-state index contributed by atoms with van der Waals surface area (Å²) in [5.41, 5.74) is 2.41. The second-order valence-electron chi connectivity index (χ2n) is 5.81. The number of nitrogens with zero attached hydrogens (tertiary/aromatic N) is 1. The number of nitrogens with one attached hydrogen (secondary N) is 1. The van der Waals surface area contributed by atoms with Crippen LogP contribution in [0.25, 0.3) is 0 Å². The Balaban J connectivity index is 1.93. The molecule has 0 bridgehead atoms. The summed E-state index contributed by atoms with van der Waals surface area (Å²) < 4.78 is 0. The Bertz CT molecular complexity index is 419. The summed E-state index contributed by atoms with van der Waals surface area (Å²) in [6.45, 7) is 7.54. The Hall–Kier alpha value is -0.730. The van der Waals surface area contributed by atoms with E-state index in [1.807, 2.05) is 0 Å². The maximum Gasteiger partial charge on any atom is 0.0471 e. The molecule has 1 N–H and O–H groups in total. The number of anilines is 1. The zero-order valence-electron chi connectivity index (χ0n) is 12.2. The van der Waals surface area contributed by atoms with Crippen molar-refractivity contribution in [1.29, 1.82) is 0 Å². The van der Waals surface area contributed by atoms with E-state index in [4.69, 9.17) is 11.6 Å². The van der Waals surface area contributed by atoms with Gasteiger partial charge in [0.25, 0.3) is 0 Å². The number of hydrogen-bond acceptors (Lipinski definition) is 2. The van der Waals surface area contributed by atoms with E-state index in [1.54, 1.807) is 0 Å². The minimum Gasteiger partial charge on any atom is -0.374 e. The van der Waals surface area contributed by atoms with Crippen LogP contribution in [0.15, 0.2) is 18.2 Å². The van der Waals surface area contributed by atoms with Crippen LogP contribution in [0, 0.1) is 11.8 Å². The quantitative estimate of drug-likeness (QED) is 0.761. The Morgan fingerprint density at radius 1 is 1.42 bits per heavy atom. The molecule has 0 spiro atoms. The highest BCUT2D eigenvalue weighted by atomic mass is 35.5. The van der Waals surface area contributed by atoms with Gasteiger partial charge in [0.15, 0.2) is 0 Å². The van der Waals surface area contributed by atoms with E-state index >= 15 is 0 Å². The summed E-state index contributed by atoms with van der Waals surface area (Å²) in [6, 6.07) is 6.42. The average molecular weight is 281 g/mol. The van der Waals surface area contributed by atoms with Gasteiger partial charge in [-0.2, -0.15) is 0 Å². The molecule has 0 aliphatic heterocycles. The van der Waals surface area contributed by atoms with Gasteiger partial charge in [0, 0.05) is 30.8 Å². The SMILES string of the molecule is CCCNCc1ccc(N(C)CC2CC2C)cc1Cl. The fraction of sp³-hybridized carbons (Fsp3) is 0.625. The second-order valence-corrected chi connectivity index (χ2v) is 6.21. The molecular weight excluding hydrogens is 256 g/mol. The second kappa shape index (κ2) is 6.62. The lowest BCUT2D eigenvalue weighted by Gasteiger charge is -2.20. The van der Waals surface area contributed by atoms with Crippen molar-refractivity contribution in [2.45, 2.75) is 33.2 Å². The summed E-state index contributed by atoms with van der Waals surface area (Å²) in [4.78, 5) is 2.32. The van der Waals surface area contributed by atoms with Crippen LogP contribution in [-0.4, -0.2) is 20.1 Å². The summed E-state index contributed by atoms with van der Waals surface area (Å²) in [5, 5.41) is 4.26. The molecular formula is C16H25ClN2. The van der Waals surface area contributed by atoms with Gasteiger partial charge in [-0.3, -0.25) is 0 Å². The van der Waals surface area contributed by atoms with Gasteiger partial charge < -0.3 is 10.2 Å². The van der Waals surface area contributed by atoms with E-state index in [9.17, 15) is 0 Å². The van der Waals surface area contributed by atoms with Crippen molar-refractivity contribution in [3.05, 3.63) is 28.8 Å². The van der Waals surface area contributed by atoms with E-state index in [0.29, 0.717) is 0 Å². The monoisotopic (exact) mass is 280 g/mol. The first kappa shape index (κ1) is 14.7. The van der Waals surface area contributed by atoms with Crippen LogP contribution >= 0.6 is 11.6 Å². The summed E-state index contributed by atoms with van der Waals surface area (Å²) in [6.07, 6.45) is 2.52. The molecule has 106 valence electrons. The number of rotatable bonds is 7. The standard InChI is InChI=1S/C16H25ClN2/c1-4-7-18-10-13-5-6-15(9-16(13)17)19(3)11-14-8-12(14)2/h5-6,9,12,14,18H,4,7-8,10-11H2,1-3H3. The molecule has 2 rings (SSSR count). The van der Waals surface area contributed by atoms with Crippen molar-refractivity contribution in [2.24, 2.45) is 11.8 Å². The molecule has 1 aromatic carbocycles. The lowest BCUT2D eigenvalue weighted by atomic mass is 10.2.